The standard InChI is InChI=1S/C13H11N3O4/c17-11-2-1-8(12(18)15-11)7-5-9(13(19)20)10-3-4-14-16(10)6-7/h3-6,8H,1-2H2,(H,19,20)(H,15,17,18). The fraction of sp³-hybridized carbons (Fsp3) is 0.231. The van der Waals surface area contributed by atoms with Crippen LogP contribution in [-0.4, -0.2) is 32.5 Å². The van der Waals surface area contributed by atoms with Gasteiger partial charge in [0.2, 0.25) is 11.8 Å². The van der Waals surface area contributed by atoms with E-state index in [4.69, 9.17) is 0 Å². The Bertz CT molecular complexity index is 734. The van der Waals surface area contributed by atoms with Crippen LogP contribution >= 0.6 is 0 Å². The number of carboxylic acids is 1. The third-order valence-corrected chi connectivity index (χ3v) is 3.40. The summed E-state index contributed by atoms with van der Waals surface area (Å²) in [4.78, 5) is 34.3. The summed E-state index contributed by atoms with van der Waals surface area (Å²) in [5.74, 6) is -2.31. The molecule has 20 heavy (non-hydrogen) atoms. The van der Waals surface area contributed by atoms with Gasteiger partial charge in [-0.05, 0) is 24.1 Å². The average molecular weight is 273 g/mol. The monoisotopic (exact) mass is 273 g/mol. The fourth-order valence-electron chi connectivity index (χ4n) is 2.42. The number of amides is 2. The van der Waals surface area contributed by atoms with E-state index in [2.05, 4.69) is 10.4 Å². The molecule has 2 aromatic rings. The third kappa shape index (κ3) is 1.93. The van der Waals surface area contributed by atoms with Gasteiger partial charge in [-0.15, -0.1) is 0 Å². The second-order valence-electron chi connectivity index (χ2n) is 4.66. The summed E-state index contributed by atoms with van der Waals surface area (Å²) in [5, 5.41) is 15.5. The van der Waals surface area contributed by atoms with E-state index in [9.17, 15) is 19.5 Å². The number of hydrogen-bond donors (Lipinski definition) is 2. The molecule has 1 fully saturated rings. The average Bonchev–Trinajstić information content (AvgIpc) is 2.85. The van der Waals surface area contributed by atoms with Crippen molar-refractivity contribution in [3.63, 3.8) is 0 Å². The molecular formula is C13H11N3O4. The Balaban J connectivity index is 2.10. The lowest BCUT2D eigenvalue weighted by Gasteiger charge is -2.21. The van der Waals surface area contributed by atoms with Crippen LogP contribution in [0.4, 0.5) is 0 Å². The topological polar surface area (TPSA) is 101 Å². The summed E-state index contributed by atoms with van der Waals surface area (Å²) in [6, 6.07) is 3.07. The fourth-order valence-corrected chi connectivity index (χ4v) is 2.42. The number of nitrogens with zero attached hydrogens (tertiary/aromatic N) is 2. The number of carbonyl (C=O) groups is 3. The highest BCUT2D eigenvalue weighted by Gasteiger charge is 2.29. The van der Waals surface area contributed by atoms with Gasteiger partial charge in [-0.2, -0.15) is 5.10 Å². The number of carboxylic acid groups (broad SMARTS) is 1. The maximum Gasteiger partial charge on any atom is 0.337 e. The van der Waals surface area contributed by atoms with Crippen LogP contribution in [0.5, 0.6) is 0 Å². The molecule has 2 aromatic heterocycles. The number of hydrogen-bond acceptors (Lipinski definition) is 4. The van der Waals surface area contributed by atoms with Crippen LogP contribution < -0.4 is 5.32 Å². The lowest BCUT2D eigenvalue weighted by Crippen LogP contribution is -2.39. The zero-order valence-electron chi connectivity index (χ0n) is 10.4. The molecule has 1 aliphatic rings. The van der Waals surface area contributed by atoms with E-state index in [0.29, 0.717) is 17.5 Å². The second-order valence-corrected chi connectivity index (χ2v) is 4.66. The van der Waals surface area contributed by atoms with Gasteiger partial charge in [-0.1, -0.05) is 0 Å². The van der Waals surface area contributed by atoms with Crippen molar-refractivity contribution >= 4 is 23.3 Å². The van der Waals surface area contributed by atoms with Crippen LogP contribution in [0.15, 0.2) is 24.5 Å². The van der Waals surface area contributed by atoms with Crippen molar-refractivity contribution in [1.82, 2.24) is 14.9 Å². The van der Waals surface area contributed by atoms with Crippen molar-refractivity contribution in [2.24, 2.45) is 0 Å². The van der Waals surface area contributed by atoms with Crippen molar-refractivity contribution in [3.05, 3.63) is 35.7 Å². The SMILES string of the molecule is O=C1CCC(c2cc(C(=O)O)c3ccnn3c2)C(=O)N1. The second kappa shape index (κ2) is 4.44. The van der Waals surface area contributed by atoms with Crippen molar-refractivity contribution < 1.29 is 19.5 Å². The first-order valence-electron chi connectivity index (χ1n) is 6.10. The number of nitrogens with one attached hydrogen (secondary N) is 1. The summed E-state index contributed by atoms with van der Waals surface area (Å²) in [5.41, 5.74) is 1.10. The molecule has 1 aliphatic heterocycles. The van der Waals surface area contributed by atoms with Crippen LogP contribution in [-0.2, 0) is 9.59 Å². The maximum atomic E-state index is 11.9. The molecule has 3 heterocycles. The smallest absolute Gasteiger partial charge is 0.337 e. The molecule has 3 rings (SSSR count). The lowest BCUT2D eigenvalue weighted by molar-refractivity contribution is -0.134. The highest BCUT2D eigenvalue weighted by atomic mass is 16.4. The number of fused-ring (bicyclic) bond motifs is 1. The zero-order chi connectivity index (χ0) is 14.3. The third-order valence-electron chi connectivity index (χ3n) is 3.40. The van der Waals surface area contributed by atoms with Gasteiger partial charge in [0, 0.05) is 12.6 Å². The molecule has 7 nitrogen and oxygen atoms in total. The van der Waals surface area contributed by atoms with Gasteiger partial charge in [-0.3, -0.25) is 14.9 Å². The van der Waals surface area contributed by atoms with Crippen molar-refractivity contribution in [1.29, 1.82) is 0 Å². The summed E-state index contributed by atoms with van der Waals surface area (Å²) in [6.07, 6.45) is 3.74. The molecule has 0 bridgehead atoms. The van der Waals surface area contributed by atoms with E-state index >= 15 is 0 Å². The Morgan fingerprint density at radius 3 is 2.95 bits per heavy atom. The minimum absolute atomic E-state index is 0.0877. The Labute approximate surface area is 113 Å². The molecule has 7 heteroatoms. The van der Waals surface area contributed by atoms with Gasteiger partial charge in [0.25, 0.3) is 0 Å². The van der Waals surface area contributed by atoms with E-state index in [-0.39, 0.29) is 17.9 Å². The first kappa shape index (κ1) is 12.3. The number of rotatable bonds is 2. The van der Waals surface area contributed by atoms with E-state index < -0.39 is 17.8 Å². The van der Waals surface area contributed by atoms with Gasteiger partial charge < -0.3 is 5.11 Å². The molecule has 1 atom stereocenters. The molecular weight excluding hydrogens is 262 g/mol. The first-order chi connectivity index (χ1) is 9.56. The zero-order valence-corrected chi connectivity index (χ0v) is 10.4. The number of aromatic nitrogens is 2. The van der Waals surface area contributed by atoms with Gasteiger partial charge in [-0.25, -0.2) is 9.31 Å². The van der Waals surface area contributed by atoms with Crippen LogP contribution in [0.1, 0.15) is 34.7 Å². The molecule has 1 unspecified atom stereocenters. The molecule has 0 radical (unpaired) electrons. The molecule has 102 valence electrons. The Morgan fingerprint density at radius 2 is 2.25 bits per heavy atom. The first-order valence-corrected chi connectivity index (χ1v) is 6.10. The van der Waals surface area contributed by atoms with Gasteiger partial charge in [0.1, 0.15) is 0 Å². The molecule has 1 saturated heterocycles. The Hall–Kier alpha value is -2.70. The van der Waals surface area contributed by atoms with Gasteiger partial charge in [0.15, 0.2) is 0 Å². The van der Waals surface area contributed by atoms with E-state index in [1.165, 1.54) is 16.8 Å². The highest BCUT2D eigenvalue weighted by Crippen LogP contribution is 2.26. The summed E-state index contributed by atoms with van der Waals surface area (Å²) < 4.78 is 1.43. The number of carbonyl (C=O) groups excluding carboxylic acids is 2. The summed E-state index contributed by atoms with van der Waals surface area (Å²) in [7, 11) is 0. The molecule has 2 N–H and O–H groups in total. The molecule has 2 amide bonds. The normalized spacial score (nSPS) is 19.1. The van der Waals surface area contributed by atoms with Crippen molar-refractivity contribution in [2.75, 3.05) is 0 Å². The number of aromatic carboxylic acids is 1. The van der Waals surface area contributed by atoms with Gasteiger partial charge >= 0.3 is 5.97 Å². The van der Waals surface area contributed by atoms with Crippen LogP contribution in [0.3, 0.4) is 0 Å². The Morgan fingerprint density at radius 1 is 1.45 bits per heavy atom. The summed E-state index contributed by atoms with van der Waals surface area (Å²) in [6.45, 7) is 0. The van der Waals surface area contributed by atoms with Gasteiger partial charge in [0.05, 0.1) is 23.2 Å². The highest BCUT2D eigenvalue weighted by molar-refractivity contribution is 6.01. The molecule has 0 spiro atoms. The predicted molar refractivity (Wildman–Crippen MR) is 67.3 cm³/mol. The molecule has 0 saturated carbocycles. The van der Waals surface area contributed by atoms with Crippen LogP contribution in [0.2, 0.25) is 0 Å². The maximum absolute atomic E-state index is 11.9. The van der Waals surface area contributed by atoms with Crippen LogP contribution in [0.25, 0.3) is 5.52 Å². The van der Waals surface area contributed by atoms with Crippen molar-refractivity contribution in [2.45, 2.75) is 18.8 Å². The number of imide groups is 1. The molecule has 0 aromatic carbocycles. The van der Waals surface area contributed by atoms with Crippen LogP contribution in [0, 0.1) is 0 Å². The van der Waals surface area contributed by atoms with E-state index in [0.717, 1.165) is 0 Å². The van der Waals surface area contributed by atoms with E-state index in [1.54, 1.807) is 12.3 Å². The largest absolute Gasteiger partial charge is 0.478 e. The molecule has 0 aliphatic carbocycles. The van der Waals surface area contributed by atoms with E-state index in [1.807, 2.05) is 0 Å². The predicted octanol–water partition coefficient (Wildman–Crippen LogP) is 0.553. The number of piperidine rings is 1. The number of pyridine rings is 1. The minimum Gasteiger partial charge on any atom is -0.478 e. The quantitative estimate of drug-likeness (QED) is 0.778. The summed E-state index contributed by atoms with van der Waals surface area (Å²) >= 11 is 0. The minimum atomic E-state index is -1.08. The lowest BCUT2D eigenvalue weighted by atomic mass is 9.90. The van der Waals surface area contributed by atoms with Crippen molar-refractivity contribution in [3.8, 4) is 0 Å². The Kier molecular flexibility index (Phi) is 2.74.